The van der Waals surface area contributed by atoms with Crippen molar-refractivity contribution in [2.24, 2.45) is 4.99 Å². The molecule has 0 radical (unpaired) electrons. The highest BCUT2D eigenvalue weighted by atomic mass is 79.9. The van der Waals surface area contributed by atoms with Gasteiger partial charge in [-0.05, 0) is 69.6 Å². The fraction of sp³-hybridized carbons (Fsp3) is 0.485. The van der Waals surface area contributed by atoms with Gasteiger partial charge in [-0.3, -0.25) is 34.2 Å². The van der Waals surface area contributed by atoms with Crippen molar-refractivity contribution in [2.75, 3.05) is 13.1 Å². The Morgan fingerprint density at radius 3 is 1.49 bits per heavy atom. The maximum absolute atomic E-state index is 13.5. The Hall–Kier alpha value is -5.53. The number of benzene rings is 1. The number of halogens is 1. The Labute approximate surface area is 311 Å². The van der Waals surface area contributed by atoms with Gasteiger partial charge in [-0.1, -0.05) is 0 Å². The molecule has 53 heavy (non-hydrogen) atoms. The number of guanidine groups is 1. The van der Waals surface area contributed by atoms with Gasteiger partial charge in [0, 0.05) is 39.3 Å². The fourth-order valence-corrected chi connectivity index (χ4v) is 5.00. The Balaban J connectivity index is 1.56. The molecule has 0 spiro atoms. The van der Waals surface area contributed by atoms with Gasteiger partial charge in [0.2, 0.25) is 11.9 Å². The average molecular weight is 809 g/mol. The maximum atomic E-state index is 13.5. The van der Waals surface area contributed by atoms with Crippen LogP contribution in [0.3, 0.4) is 0 Å². The van der Waals surface area contributed by atoms with Gasteiger partial charge in [-0.25, -0.2) is 29.0 Å². The second kappa shape index (κ2) is 18.3. The molecular formula is C33H38BrN5O14. The summed E-state index contributed by atoms with van der Waals surface area (Å²) in [6.07, 6.45) is -5.87. The molecule has 0 bridgehead atoms. The lowest BCUT2D eigenvalue weighted by Crippen LogP contribution is -2.45. The second-order valence-corrected chi connectivity index (χ2v) is 12.3. The number of fused-ring (bicyclic) bond motifs is 1. The van der Waals surface area contributed by atoms with Crippen LogP contribution in [0.15, 0.2) is 34.0 Å². The molecule has 20 heteroatoms. The first-order valence-electron chi connectivity index (χ1n) is 16.1. The monoisotopic (exact) mass is 807 g/mol. The van der Waals surface area contributed by atoms with Gasteiger partial charge in [0.1, 0.15) is 5.52 Å². The predicted octanol–water partition coefficient (Wildman–Crippen LogP) is 1.68. The number of nitrogens with zero attached hydrogens (tertiary/aromatic N) is 5. The molecular weight excluding hydrogens is 770 g/mol. The molecule has 1 saturated heterocycles. The summed E-state index contributed by atoms with van der Waals surface area (Å²) in [4.78, 5) is 115. The van der Waals surface area contributed by atoms with E-state index in [1.165, 1.54) is 49.9 Å². The van der Waals surface area contributed by atoms with Crippen molar-refractivity contribution in [3.8, 4) is 0 Å². The molecule has 1 aromatic carbocycles. The molecule has 6 atom stereocenters. The van der Waals surface area contributed by atoms with Crippen molar-refractivity contribution in [3.63, 3.8) is 0 Å². The summed E-state index contributed by atoms with van der Waals surface area (Å²) in [7, 11) is 0. The van der Waals surface area contributed by atoms with Crippen LogP contribution in [0, 0.1) is 0 Å². The van der Waals surface area contributed by atoms with Crippen molar-refractivity contribution >= 4 is 86.2 Å². The lowest BCUT2D eigenvalue weighted by Gasteiger charge is -2.24. The molecule has 2 heterocycles. The normalized spacial score (nSPS) is 16.7. The van der Waals surface area contributed by atoms with E-state index in [2.05, 4.69) is 35.6 Å². The number of ether oxygens (including phenoxy) is 6. The zero-order valence-electron chi connectivity index (χ0n) is 30.0. The van der Waals surface area contributed by atoms with Crippen LogP contribution in [0.25, 0.3) is 11.0 Å². The zero-order valence-corrected chi connectivity index (χ0v) is 31.6. The van der Waals surface area contributed by atoms with Crippen molar-refractivity contribution < 1.29 is 66.8 Å². The molecule has 0 N–H and O–H groups in total. The van der Waals surface area contributed by atoms with Crippen molar-refractivity contribution in [1.29, 1.82) is 0 Å². The first kappa shape index (κ1) is 41.9. The van der Waals surface area contributed by atoms with E-state index in [0.29, 0.717) is 21.2 Å². The minimum atomic E-state index is -1.58. The number of amides is 2. The van der Waals surface area contributed by atoms with E-state index in [4.69, 9.17) is 23.7 Å². The topological polar surface area (TPSA) is 237 Å². The van der Waals surface area contributed by atoms with Crippen LogP contribution in [-0.4, -0.2) is 123 Å². The van der Waals surface area contributed by atoms with E-state index in [1.54, 1.807) is 12.1 Å². The third-order valence-corrected chi connectivity index (χ3v) is 8.05. The van der Waals surface area contributed by atoms with Gasteiger partial charge < -0.3 is 28.4 Å². The number of esters is 6. The number of rotatable bonds is 13. The van der Waals surface area contributed by atoms with Crippen molar-refractivity contribution in [1.82, 2.24) is 19.8 Å². The number of carbonyl (C=O) groups excluding carboxylic acids is 8. The lowest BCUT2D eigenvalue weighted by molar-refractivity contribution is -0.187. The molecule has 1 aliphatic rings. The summed E-state index contributed by atoms with van der Waals surface area (Å²) in [5, 5.41) is 0. The molecule has 286 valence electrons. The first-order chi connectivity index (χ1) is 24.8. The number of aromatic nitrogens is 2. The molecule has 2 aromatic rings. The van der Waals surface area contributed by atoms with Gasteiger partial charge in [-0.2, -0.15) is 0 Å². The second-order valence-electron chi connectivity index (χ2n) is 11.5. The van der Waals surface area contributed by atoms with Crippen LogP contribution in [0.1, 0.15) is 55.4 Å². The first-order valence-corrected chi connectivity index (χ1v) is 16.9. The Morgan fingerprint density at radius 1 is 0.623 bits per heavy atom. The van der Waals surface area contributed by atoms with E-state index < -0.39 is 78.3 Å². The largest absolute Gasteiger partial charge is 0.451 e. The van der Waals surface area contributed by atoms with Crippen LogP contribution in [-0.2, 0) is 66.8 Å². The molecule has 6 unspecified atom stereocenters. The predicted molar refractivity (Wildman–Crippen MR) is 182 cm³/mol. The quantitative estimate of drug-likeness (QED) is 0.207. The summed E-state index contributed by atoms with van der Waals surface area (Å²) >= 11 is 3.46. The molecule has 2 amide bonds. The van der Waals surface area contributed by atoms with E-state index in [9.17, 15) is 38.4 Å². The number of aliphatic imine (C=N–C) groups is 1. The highest BCUT2D eigenvalue weighted by Crippen LogP contribution is 2.32. The van der Waals surface area contributed by atoms with Crippen molar-refractivity contribution in [2.45, 2.75) is 92.0 Å². The Kier molecular flexibility index (Phi) is 14.5. The molecule has 19 nitrogen and oxygen atoms in total. The van der Waals surface area contributed by atoms with E-state index in [-0.39, 0.29) is 25.0 Å². The van der Waals surface area contributed by atoms with Gasteiger partial charge >= 0.3 is 35.8 Å². The highest BCUT2D eigenvalue weighted by molar-refractivity contribution is 9.10. The zero-order chi connectivity index (χ0) is 39.7. The summed E-state index contributed by atoms with van der Waals surface area (Å²) in [6, 6.07) is 3.31. The van der Waals surface area contributed by atoms with Crippen molar-refractivity contribution in [3.05, 3.63) is 29.0 Å². The van der Waals surface area contributed by atoms with Crippen LogP contribution in [0.5, 0.6) is 0 Å². The maximum Gasteiger partial charge on any atom is 0.347 e. The summed E-state index contributed by atoms with van der Waals surface area (Å²) in [5.41, 5.74) is 1.45. The summed E-state index contributed by atoms with van der Waals surface area (Å²) in [5.74, 6) is -7.46. The minimum absolute atomic E-state index is 0.00583. The van der Waals surface area contributed by atoms with Crippen LogP contribution in [0.2, 0.25) is 0 Å². The van der Waals surface area contributed by atoms with Gasteiger partial charge in [0.15, 0.2) is 36.6 Å². The third kappa shape index (κ3) is 11.0. The molecule has 1 aromatic heterocycles. The third-order valence-electron chi connectivity index (χ3n) is 7.27. The molecule has 3 rings (SSSR count). The molecule has 1 aliphatic heterocycles. The van der Waals surface area contributed by atoms with Gasteiger partial charge in [0.05, 0.1) is 15.7 Å². The summed E-state index contributed by atoms with van der Waals surface area (Å²) < 4.78 is 30.2. The Bertz CT molecular complexity index is 1820. The van der Waals surface area contributed by atoms with Gasteiger partial charge in [-0.15, -0.1) is 0 Å². The highest BCUT2D eigenvalue weighted by Gasteiger charge is 2.38. The fourth-order valence-electron chi connectivity index (χ4n) is 4.47. The van der Waals surface area contributed by atoms with E-state index in [1.807, 2.05) is 0 Å². The van der Waals surface area contributed by atoms with Crippen LogP contribution < -0.4 is 0 Å². The number of hydrogen-bond donors (Lipinski definition) is 0. The van der Waals surface area contributed by atoms with Crippen LogP contribution in [0.4, 0.5) is 5.69 Å². The standard InChI is InChI=1S/C33H38BrN5O14/c1-15(27(42)39-14-13-38(21(7)40)33(39)37-23-9-10-24-26(25(23)34)36-12-11-35-24)49-29(44)17(3)51-31(46)19(5)53-32(47)20(6)52-30(45)18(4)50-28(43)16(2)48-22(8)41/h9-12,15-20H,13-14H2,1-8H3. The summed E-state index contributed by atoms with van der Waals surface area (Å²) in [6.45, 7) is 9.68. The lowest BCUT2D eigenvalue weighted by atomic mass is 10.2. The van der Waals surface area contributed by atoms with Gasteiger partial charge in [0.25, 0.3) is 5.91 Å². The van der Waals surface area contributed by atoms with E-state index >= 15 is 0 Å². The minimum Gasteiger partial charge on any atom is -0.451 e. The number of hydrogen-bond acceptors (Lipinski definition) is 17. The molecule has 0 aliphatic carbocycles. The SMILES string of the molecule is CC(=O)OC(C)C(=O)OC(C)C(=O)OC(C)C(=O)OC(C)C(=O)OC(C)C(=O)OC(C)C(=O)N1CCN(C(C)=O)C1=Nc1ccc2nccnc2c1Br. The smallest absolute Gasteiger partial charge is 0.347 e. The molecule has 1 fully saturated rings. The number of carbonyl (C=O) groups is 8. The molecule has 0 saturated carbocycles. The van der Waals surface area contributed by atoms with Crippen LogP contribution >= 0.6 is 15.9 Å². The average Bonchev–Trinajstić information content (AvgIpc) is 3.52. The Morgan fingerprint density at radius 2 is 1.04 bits per heavy atom. The van der Waals surface area contributed by atoms with E-state index in [0.717, 1.165) is 27.7 Å².